The third-order valence-corrected chi connectivity index (χ3v) is 5.25. The van der Waals surface area contributed by atoms with Crippen molar-refractivity contribution in [3.05, 3.63) is 23.8 Å². The number of esters is 1. The number of ether oxygens (including phenoxy) is 1. The number of rotatable bonds is 2. The predicted molar refractivity (Wildman–Crippen MR) is 80.5 cm³/mol. The Kier molecular flexibility index (Phi) is 4.31. The van der Waals surface area contributed by atoms with E-state index in [0.717, 1.165) is 24.0 Å². The molecule has 1 saturated carbocycles. The molecule has 0 unspecified atom stereocenters. The average Bonchev–Trinajstić information content (AvgIpc) is 2.38. The lowest BCUT2D eigenvalue weighted by atomic mass is 9.57. The number of hydrogen-bond acceptors (Lipinski definition) is 4. The van der Waals surface area contributed by atoms with Crippen LogP contribution in [-0.2, 0) is 9.53 Å². The highest BCUT2D eigenvalue weighted by Crippen LogP contribution is 2.50. The molecule has 0 amide bonds. The smallest absolute Gasteiger partial charge is 0.303 e. The van der Waals surface area contributed by atoms with Crippen molar-refractivity contribution < 1.29 is 19.7 Å². The third-order valence-electron chi connectivity index (χ3n) is 5.25. The molecule has 6 atom stereocenters. The molecule has 21 heavy (non-hydrogen) atoms. The molecule has 0 radical (unpaired) electrons. The molecule has 0 aromatic carbocycles. The van der Waals surface area contributed by atoms with E-state index in [9.17, 15) is 15.0 Å². The van der Waals surface area contributed by atoms with Gasteiger partial charge in [0.15, 0.2) is 6.10 Å². The molecule has 0 aromatic rings. The van der Waals surface area contributed by atoms with Gasteiger partial charge in [-0.2, -0.15) is 0 Å². The molecule has 2 rings (SSSR count). The van der Waals surface area contributed by atoms with E-state index >= 15 is 0 Å². The molecule has 0 aliphatic heterocycles. The zero-order chi connectivity index (χ0) is 15.9. The first kappa shape index (κ1) is 16.2. The Morgan fingerprint density at radius 2 is 2.05 bits per heavy atom. The van der Waals surface area contributed by atoms with E-state index in [1.54, 1.807) is 0 Å². The Morgan fingerprint density at radius 1 is 1.43 bits per heavy atom. The molecule has 0 heterocycles. The second-order valence-electron chi connectivity index (χ2n) is 6.73. The van der Waals surface area contributed by atoms with E-state index in [1.165, 1.54) is 6.92 Å². The molecule has 0 aromatic heterocycles. The summed E-state index contributed by atoms with van der Waals surface area (Å²) >= 11 is 0. The average molecular weight is 294 g/mol. The van der Waals surface area contributed by atoms with E-state index in [1.807, 2.05) is 26.8 Å². The molecule has 0 saturated heterocycles. The fourth-order valence-electron chi connectivity index (χ4n) is 3.99. The first-order valence-electron chi connectivity index (χ1n) is 7.61. The summed E-state index contributed by atoms with van der Waals surface area (Å²) in [5.74, 6) is -0.543. The van der Waals surface area contributed by atoms with Gasteiger partial charge in [0, 0.05) is 12.8 Å². The molecule has 4 nitrogen and oxygen atoms in total. The van der Waals surface area contributed by atoms with Crippen molar-refractivity contribution in [2.45, 2.75) is 58.3 Å². The molecule has 0 spiro atoms. The van der Waals surface area contributed by atoms with E-state index in [2.05, 4.69) is 6.58 Å². The van der Waals surface area contributed by atoms with Crippen LogP contribution in [0.1, 0.15) is 40.5 Å². The standard InChI is InChI=1S/C17H26O4/c1-9(2)13-7-6-11(4)17(20)14(13)8-10(3)15(16(17)19)21-12(5)18/h8,11,13-16,19-20H,1,6-7H2,2-5H3/t11-,13+,14-,15-,16+,17-/m1/s1. The highest BCUT2D eigenvalue weighted by atomic mass is 16.6. The summed E-state index contributed by atoms with van der Waals surface area (Å²) < 4.78 is 5.23. The maximum absolute atomic E-state index is 11.3. The van der Waals surface area contributed by atoms with Gasteiger partial charge in [-0.25, -0.2) is 0 Å². The lowest BCUT2D eigenvalue weighted by Gasteiger charge is -2.54. The van der Waals surface area contributed by atoms with Crippen molar-refractivity contribution in [2.24, 2.45) is 17.8 Å². The number of carbonyl (C=O) groups is 1. The molecule has 2 N–H and O–H groups in total. The largest absolute Gasteiger partial charge is 0.455 e. The van der Waals surface area contributed by atoms with Crippen LogP contribution in [0.3, 0.4) is 0 Å². The highest BCUT2D eigenvalue weighted by Gasteiger charge is 2.57. The first-order chi connectivity index (χ1) is 9.69. The zero-order valence-electron chi connectivity index (χ0n) is 13.3. The summed E-state index contributed by atoms with van der Waals surface area (Å²) in [6.45, 7) is 11.1. The first-order valence-corrected chi connectivity index (χ1v) is 7.61. The van der Waals surface area contributed by atoms with Crippen LogP contribution in [0, 0.1) is 17.8 Å². The summed E-state index contributed by atoms with van der Waals surface area (Å²) in [6.07, 6.45) is 1.87. The van der Waals surface area contributed by atoms with Crippen LogP contribution < -0.4 is 0 Å². The molecule has 2 aliphatic rings. The van der Waals surface area contributed by atoms with E-state index in [-0.39, 0.29) is 17.8 Å². The van der Waals surface area contributed by atoms with Crippen molar-refractivity contribution in [2.75, 3.05) is 0 Å². The minimum absolute atomic E-state index is 0.0597. The third kappa shape index (κ3) is 2.55. The van der Waals surface area contributed by atoms with Gasteiger partial charge in [0.25, 0.3) is 0 Å². The van der Waals surface area contributed by atoms with Gasteiger partial charge >= 0.3 is 5.97 Å². The minimum atomic E-state index is -1.28. The number of carbonyl (C=O) groups excluding carboxylic acids is 1. The fourth-order valence-corrected chi connectivity index (χ4v) is 3.99. The van der Waals surface area contributed by atoms with Gasteiger partial charge in [-0.15, -0.1) is 0 Å². The van der Waals surface area contributed by atoms with Crippen LogP contribution in [0.15, 0.2) is 23.8 Å². The second-order valence-corrected chi connectivity index (χ2v) is 6.73. The summed E-state index contributed by atoms with van der Waals surface area (Å²) in [7, 11) is 0. The van der Waals surface area contributed by atoms with Gasteiger partial charge in [0.2, 0.25) is 0 Å². The van der Waals surface area contributed by atoms with Crippen LogP contribution in [0.5, 0.6) is 0 Å². The number of allylic oxidation sites excluding steroid dienone is 1. The monoisotopic (exact) mass is 294 g/mol. The summed E-state index contributed by atoms with van der Waals surface area (Å²) in [5.41, 5.74) is 0.543. The second kappa shape index (κ2) is 5.58. The van der Waals surface area contributed by atoms with Crippen LogP contribution in [0.25, 0.3) is 0 Å². The molecule has 4 heteroatoms. The van der Waals surface area contributed by atoms with Crippen LogP contribution in [-0.4, -0.2) is 34.0 Å². The van der Waals surface area contributed by atoms with Gasteiger partial charge in [0.1, 0.15) is 11.7 Å². The van der Waals surface area contributed by atoms with Crippen molar-refractivity contribution in [3.8, 4) is 0 Å². The summed E-state index contributed by atoms with van der Waals surface area (Å²) in [6, 6.07) is 0. The van der Waals surface area contributed by atoms with Crippen LogP contribution >= 0.6 is 0 Å². The lowest BCUT2D eigenvalue weighted by Crippen LogP contribution is -2.64. The Morgan fingerprint density at radius 3 is 2.57 bits per heavy atom. The van der Waals surface area contributed by atoms with E-state index < -0.39 is 23.8 Å². The van der Waals surface area contributed by atoms with Crippen molar-refractivity contribution in [1.82, 2.24) is 0 Å². The fraction of sp³-hybridized carbons (Fsp3) is 0.706. The summed E-state index contributed by atoms with van der Waals surface area (Å²) in [5, 5.41) is 21.9. The minimum Gasteiger partial charge on any atom is -0.455 e. The molecule has 2 aliphatic carbocycles. The Bertz CT molecular complexity index is 481. The van der Waals surface area contributed by atoms with Gasteiger partial charge in [-0.3, -0.25) is 4.79 Å². The van der Waals surface area contributed by atoms with Gasteiger partial charge in [0.05, 0.1) is 0 Å². The topological polar surface area (TPSA) is 66.8 Å². The van der Waals surface area contributed by atoms with Crippen LogP contribution in [0.2, 0.25) is 0 Å². The van der Waals surface area contributed by atoms with Crippen molar-refractivity contribution in [3.63, 3.8) is 0 Å². The van der Waals surface area contributed by atoms with Gasteiger partial charge in [-0.1, -0.05) is 25.2 Å². The Balaban J connectivity index is 2.46. The highest BCUT2D eigenvalue weighted by molar-refractivity contribution is 5.66. The van der Waals surface area contributed by atoms with Crippen LogP contribution in [0.4, 0.5) is 0 Å². The predicted octanol–water partition coefficient (Wildman–Crippen LogP) is 2.21. The van der Waals surface area contributed by atoms with Gasteiger partial charge in [-0.05, 0) is 44.1 Å². The molecular formula is C17H26O4. The SMILES string of the molecule is C=C(C)[C@@H]1CC[C@@H](C)[C@@]2(O)[C@@H]1C=C(C)[C@@H](OC(C)=O)[C@@H]2O. The van der Waals surface area contributed by atoms with Crippen molar-refractivity contribution in [1.29, 1.82) is 0 Å². The molecule has 118 valence electrons. The maximum Gasteiger partial charge on any atom is 0.303 e. The van der Waals surface area contributed by atoms with E-state index in [0.29, 0.717) is 0 Å². The number of aliphatic hydroxyl groups is 2. The Labute approximate surface area is 126 Å². The quantitative estimate of drug-likeness (QED) is 0.605. The van der Waals surface area contributed by atoms with Gasteiger partial charge < -0.3 is 14.9 Å². The maximum atomic E-state index is 11.3. The Hall–Kier alpha value is -1.13. The van der Waals surface area contributed by atoms with Crippen molar-refractivity contribution >= 4 is 5.97 Å². The number of hydrogen-bond donors (Lipinski definition) is 2. The summed E-state index contributed by atoms with van der Waals surface area (Å²) in [4.78, 5) is 11.3. The lowest BCUT2D eigenvalue weighted by molar-refractivity contribution is -0.203. The van der Waals surface area contributed by atoms with E-state index in [4.69, 9.17) is 4.74 Å². The molecule has 0 bridgehead atoms. The number of aliphatic hydroxyl groups excluding tert-OH is 1. The zero-order valence-corrected chi connectivity index (χ0v) is 13.3. The molecular weight excluding hydrogens is 268 g/mol. The number of fused-ring (bicyclic) bond motifs is 1. The molecule has 1 fully saturated rings. The normalized spacial score (nSPS) is 42.8.